The summed E-state index contributed by atoms with van der Waals surface area (Å²) in [6, 6.07) is -1.11. The van der Waals surface area contributed by atoms with E-state index in [2.05, 4.69) is 10.2 Å². The van der Waals surface area contributed by atoms with Crippen LogP contribution in [0, 0.1) is 6.92 Å². The van der Waals surface area contributed by atoms with Gasteiger partial charge in [-0.2, -0.15) is 0 Å². The number of carbonyl (C=O) groups excluding carboxylic acids is 3. The van der Waals surface area contributed by atoms with E-state index in [4.69, 9.17) is 19.9 Å². The first-order valence-corrected chi connectivity index (χ1v) is 11.8. The van der Waals surface area contributed by atoms with E-state index in [0.29, 0.717) is 47.6 Å². The van der Waals surface area contributed by atoms with E-state index in [1.165, 1.54) is 6.42 Å². The minimum Gasteiger partial charge on any atom is -0.496 e. The molecule has 34 heavy (non-hydrogen) atoms. The second-order valence-electron chi connectivity index (χ2n) is 8.75. The number of cyclic esters (lactones) is 1. The van der Waals surface area contributed by atoms with Gasteiger partial charge in [-0.1, -0.05) is 18.1 Å². The molecule has 1 saturated heterocycles. The Morgan fingerprint density at radius 1 is 1.26 bits per heavy atom. The van der Waals surface area contributed by atoms with Gasteiger partial charge in [-0.25, -0.2) is 9.59 Å². The quantitative estimate of drug-likeness (QED) is 0.416. The molecule has 0 radical (unpaired) electrons. The molecule has 2 aliphatic heterocycles. The fourth-order valence-electron chi connectivity index (χ4n) is 4.81. The third-order valence-corrected chi connectivity index (χ3v) is 6.49. The number of urea groups is 1. The molecule has 2 amide bonds. The normalized spacial score (nSPS) is 17.1. The van der Waals surface area contributed by atoms with Crippen LogP contribution >= 0.6 is 0 Å². The largest absolute Gasteiger partial charge is 0.496 e. The molecule has 2 heterocycles. The number of rotatable bonds is 9. The summed E-state index contributed by atoms with van der Waals surface area (Å²) in [5.41, 5.74) is 9.15. The highest BCUT2D eigenvalue weighted by atomic mass is 16.5. The zero-order chi connectivity index (χ0) is 24.8. The number of ether oxygens (including phenoxy) is 3. The van der Waals surface area contributed by atoms with E-state index in [-0.39, 0.29) is 18.6 Å². The number of carbonyl (C=O) groups is 3. The van der Waals surface area contributed by atoms with Crippen LogP contribution < -0.4 is 15.8 Å². The highest BCUT2D eigenvalue weighted by Crippen LogP contribution is 2.41. The van der Waals surface area contributed by atoms with E-state index in [0.717, 1.165) is 37.1 Å². The molecule has 9 nitrogen and oxygen atoms in total. The lowest BCUT2D eigenvalue weighted by Gasteiger charge is -2.33. The van der Waals surface area contributed by atoms with Crippen LogP contribution in [0.3, 0.4) is 0 Å². The molecule has 1 aromatic rings. The van der Waals surface area contributed by atoms with Crippen molar-refractivity contribution in [3.05, 3.63) is 33.9 Å². The smallest absolute Gasteiger partial charge is 0.341 e. The predicted molar refractivity (Wildman–Crippen MR) is 128 cm³/mol. The Balaban J connectivity index is 1.93. The molecule has 0 aromatic heterocycles. The fraction of sp³-hybridized carbons (Fsp3) is 0.560. The molecule has 186 valence electrons. The van der Waals surface area contributed by atoms with Gasteiger partial charge in [0.1, 0.15) is 18.4 Å². The molecule has 0 aliphatic carbocycles. The summed E-state index contributed by atoms with van der Waals surface area (Å²) in [5.74, 6) is -0.135. The minimum absolute atomic E-state index is 0.121. The number of allylic oxidation sites excluding steroid dienone is 1. The molecule has 1 fully saturated rings. The van der Waals surface area contributed by atoms with Crippen LogP contribution in [-0.4, -0.2) is 55.7 Å². The van der Waals surface area contributed by atoms with Gasteiger partial charge < -0.3 is 25.3 Å². The maximum Gasteiger partial charge on any atom is 0.341 e. The first kappa shape index (κ1) is 25.6. The predicted octanol–water partition coefficient (Wildman–Crippen LogP) is 3.46. The van der Waals surface area contributed by atoms with Gasteiger partial charge in [-0.15, -0.1) is 0 Å². The highest BCUT2D eigenvalue weighted by molar-refractivity contribution is 6.05. The Bertz CT molecular complexity index is 982. The maximum atomic E-state index is 12.7. The number of amides is 2. The van der Waals surface area contributed by atoms with E-state index in [1.54, 1.807) is 7.11 Å². The van der Waals surface area contributed by atoms with E-state index < -0.39 is 12.0 Å². The average Bonchev–Trinajstić information content (AvgIpc) is 3.20. The summed E-state index contributed by atoms with van der Waals surface area (Å²) in [6.07, 6.45) is 6.22. The van der Waals surface area contributed by atoms with Crippen LogP contribution in [0.25, 0.3) is 0 Å². The zero-order valence-corrected chi connectivity index (χ0v) is 20.5. The first-order valence-electron chi connectivity index (χ1n) is 11.8. The van der Waals surface area contributed by atoms with Gasteiger partial charge in [-0.05, 0) is 65.1 Å². The lowest BCUT2D eigenvalue weighted by molar-refractivity contribution is -0.150. The lowest BCUT2D eigenvalue weighted by atomic mass is 9.93. The first-order chi connectivity index (χ1) is 16.3. The van der Waals surface area contributed by atoms with Crippen molar-refractivity contribution in [1.82, 2.24) is 4.90 Å². The van der Waals surface area contributed by atoms with Crippen molar-refractivity contribution in [1.29, 1.82) is 0 Å². The lowest BCUT2D eigenvalue weighted by Crippen LogP contribution is -2.45. The third-order valence-electron chi connectivity index (χ3n) is 6.49. The summed E-state index contributed by atoms with van der Waals surface area (Å²) in [7, 11) is 1.55. The third kappa shape index (κ3) is 5.52. The van der Waals surface area contributed by atoms with Gasteiger partial charge in [-0.3, -0.25) is 9.69 Å². The monoisotopic (exact) mass is 473 g/mol. The number of primary amides is 1. The van der Waals surface area contributed by atoms with Crippen LogP contribution in [-0.2, 0) is 27.3 Å². The molecule has 3 rings (SSSR count). The number of hydrogen-bond donors (Lipinski definition) is 2. The van der Waals surface area contributed by atoms with Gasteiger partial charge >= 0.3 is 18.0 Å². The number of hydrogen-bond acceptors (Lipinski definition) is 7. The van der Waals surface area contributed by atoms with Gasteiger partial charge in [0.2, 0.25) is 0 Å². The van der Waals surface area contributed by atoms with Gasteiger partial charge in [0.25, 0.3) is 0 Å². The molecule has 1 aromatic carbocycles. The number of nitrogens with zero attached hydrogens (tertiary/aromatic N) is 1. The van der Waals surface area contributed by atoms with Crippen molar-refractivity contribution in [3.8, 4) is 5.75 Å². The standard InChI is InChI=1S/C25H35N3O6/c1-5-33-23(29)19(28-11-7-6-8-12-28)13-15(2)9-10-17-21(27-25(26)31)20-18(14-34-24(20)30)16(3)22(17)32-4/h9,19H,5-8,10-14H2,1-4H3,(H3,26,27,31). The molecular formula is C25H35N3O6. The van der Waals surface area contributed by atoms with Crippen molar-refractivity contribution in [3.63, 3.8) is 0 Å². The summed E-state index contributed by atoms with van der Waals surface area (Å²) in [6.45, 7) is 7.87. The number of fused-ring (bicyclic) bond motifs is 1. The topological polar surface area (TPSA) is 120 Å². The molecule has 0 saturated carbocycles. The Morgan fingerprint density at radius 3 is 2.59 bits per heavy atom. The van der Waals surface area contributed by atoms with Crippen molar-refractivity contribution in [2.45, 2.75) is 65.5 Å². The van der Waals surface area contributed by atoms with Gasteiger partial charge in [0.05, 0.1) is 25.0 Å². The summed E-state index contributed by atoms with van der Waals surface area (Å²) in [5, 5.41) is 2.60. The second-order valence-corrected chi connectivity index (χ2v) is 8.75. The number of piperidine rings is 1. The van der Waals surface area contributed by atoms with Crippen LogP contribution in [0.15, 0.2) is 11.6 Å². The zero-order valence-electron chi connectivity index (χ0n) is 20.5. The molecule has 1 unspecified atom stereocenters. The SMILES string of the molecule is CCOC(=O)C(CC(C)=CCc1c(NC(N)=O)c2c(c(C)c1OC)COC2=O)N1CCCCC1. The van der Waals surface area contributed by atoms with Crippen molar-refractivity contribution in [2.24, 2.45) is 5.73 Å². The number of nitrogens with two attached hydrogens (primary N) is 1. The Morgan fingerprint density at radius 2 is 1.97 bits per heavy atom. The average molecular weight is 474 g/mol. The summed E-state index contributed by atoms with van der Waals surface area (Å²) in [4.78, 5) is 39.1. The van der Waals surface area contributed by atoms with E-state index in [9.17, 15) is 14.4 Å². The molecule has 9 heteroatoms. The highest BCUT2D eigenvalue weighted by Gasteiger charge is 2.33. The number of esters is 2. The Labute approximate surface area is 200 Å². The number of nitrogens with one attached hydrogen (secondary N) is 1. The van der Waals surface area contributed by atoms with E-state index >= 15 is 0 Å². The van der Waals surface area contributed by atoms with E-state index in [1.807, 2.05) is 26.8 Å². The van der Waals surface area contributed by atoms with Crippen LogP contribution in [0.5, 0.6) is 5.75 Å². The van der Waals surface area contributed by atoms with Gasteiger partial charge in [0.15, 0.2) is 0 Å². The molecule has 3 N–H and O–H groups in total. The molecule has 2 aliphatic rings. The second kappa shape index (κ2) is 11.4. The Kier molecular flexibility index (Phi) is 8.55. The van der Waals surface area contributed by atoms with Crippen molar-refractivity contribution < 1.29 is 28.6 Å². The minimum atomic E-state index is -0.776. The molecule has 0 bridgehead atoms. The number of benzene rings is 1. The van der Waals surface area contributed by atoms with Crippen LogP contribution in [0.2, 0.25) is 0 Å². The van der Waals surface area contributed by atoms with Crippen LogP contribution in [0.4, 0.5) is 10.5 Å². The molecular weight excluding hydrogens is 438 g/mol. The summed E-state index contributed by atoms with van der Waals surface area (Å²) >= 11 is 0. The fourth-order valence-corrected chi connectivity index (χ4v) is 4.81. The maximum absolute atomic E-state index is 12.7. The van der Waals surface area contributed by atoms with Crippen molar-refractivity contribution in [2.75, 3.05) is 32.1 Å². The summed E-state index contributed by atoms with van der Waals surface area (Å²) < 4.78 is 16.2. The Hall–Kier alpha value is -3.07. The molecule has 1 atom stereocenters. The van der Waals surface area contributed by atoms with Gasteiger partial charge in [0, 0.05) is 11.1 Å². The number of anilines is 1. The number of methoxy groups -OCH3 is 1. The number of likely N-dealkylation sites (tertiary alicyclic amines) is 1. The van der Waals surface area contributed by atoms with Crippen molar-refractivity contribution >= 4 is 23.7 Å². The van der Waals surface area contributed by atoms with Crippen LogP contribution in [0.1, 0.15) is 66.6 Å². The molecule has 0 spiro atoms.